The molecule has 0 saturated carbocycles. The lowest BCUT2D eigenvalue weighted by atomic mass is 10.1. The second-order valence-electron chi connectivity index (χ2n) is 3.80. The van der Waals surface area contributed by atoms with Crippen LogP contribution >= 0.6 is 0 Å². The van der Waals surface area contributed by atoms with Gasteiger partial charge in [0.15, 0.2) is 0 Å². The van der Waals surface area contributed by atoms with Gasteiger partial charge in [-0.1, -0.05) is 6.07 Å². The molecule has 0 fully saturated rings. The van der Waals surface area contributed by atoms with Crippen LogP contribution in [0.3, 0.4) is 0 Å². The molecule has 15 heavy (non-hydrogen) atoms. The van der Waals surface area contributed by atoms with Gasteiger partial charge < -0.3 is 15.6 Å². The number of hydrogen-bond donors (Lipinski definition) is 2. The van der Waals surface area contributed by atoms with E-state index in [1.165, 1.54) is 11.1 Å². The number of fused-ring (bicyclic) bond motifs is 1. The molecule has 0 spiro atoms. The highest BCUT2D eigenvalue weighted by Crippen LogP contribution is 2.26. The molecule has 1 aliphatic rings. The summed E-state index contributed by atoms with van der Waals surface area (Å²) in [6.45, 7) is 1.79. The summed E-state index contributed by atoms with van der Waals surface area (Å²) in [5.74, 6) is 0.921. The van der Waals surface area contributed by atoms with Crippen LogP contribution in [0.2, 0.25) is 0 Å². The first-order chi connectivity index (χ1) is 7.33. The minimum absolute atomic E-state index is 0.829. The highest BCUT2D eigenvalue weighted by molar-refractivity contribution is 5.50. The van der Waals surface area contributed by atoms with E-state index in [-0.39, 0.29) is 0 Å². The molecule has 3 rings (SSSR count). The molecule has 0 atom stereocenters. The highest BCUT2D eigenvalue weighted by Gasteiger charge is 2.20. The van der Waals surface area contributed by atoms with Gasteiger partial charge in [-0.15, -0.1) is 0 Å². The number of nitrogens with zero attached hydrogens (tertiary/aromatic N) is 2. The summed E-state index contributed by atoms with van der Waals surface area (Å²) in [6, 6.07) is 6.08. The first kappa shape index (κ1) is 8.35. The fourth-order valence-corrected chi connectivity index (χ4v) is 1.99. The molecule has 0 saturated heterocycles. The Morgan fingerprint density at radius 1 is 1.27 bits per heavy atom. The predicted octanol–water partition coefficient (Wildman–Crippen LogP) is 1.51. The van der Waals surface area contributed by atoms with Crippen molar-refractivity contribution < 1.29 is 0 Å². The Hall–Kier alpha value is -1.97. The topological polar surface area (TPSA) is 57.9 Å². The third-order valence-corrected chi connectivity index (χ3v) is 2.74. The number of nitrogen functional groups attached to an aromatic ring is 1. The van der Waals surface area contributed by atoms with Crippen molar-refractivity contribution in [2.75, 3.05) is 10.6 Å². The normalized spacial score (nSPS) is 14.3. The van der Waals surface area contributed by atoms with Crippen molar-refractivity contribution in [3.8, 4) is 0 Å². The summed E-state index contributed by atoms with van der Waals surface area (Å²) in [6.07, 6.45) is 3.61. The largest absolute Gasteiger partial charge is 0.399 e. The number of aromatic nitrogens is 2. The van der Waals surface area contributed by atoms with E-state index in [0.717, 1.165) is 24.7 Å². The molecule has 0 bridgehead atoms. The number of hydrogen-bond acceptors (Lipinski definition) is 3. The Kier molecular flexibility index (Phi) is 1.68. The molecule has 3 N–H and O–H groups in total. The molecule has 1 aliphatic heterocycles. The van der Waals surface area contributed by atoms with Crippen LogP contribution in [0.15, 0.2) is 30.6 Å². The van der Waals surface area contributed by atoms with E-state index >= 15 is 0 Å². The number of benzene rings is 1. The number of aromatic amines is 1. The number of nitrogens with one attached hydrogen (secondary N) is 1. The molecule has 0 aliphatic carbocycles. The van der Waals surface area contributed by atoms with Crippen LogP contribution in [0.25, 0.3) is 0 Å². The first-order valence-corrected chi connectivity index (χ1v) is 4.94. The van der Waals surface area contributed by atoms with Gasteiger partial charge in [-0.2, -0.15) is 0 Å². The summed E-state index contributed by atoms with van der Waals surface area (Å²) in [5.41, 5.74) is 9.21. The number of H-pyrrole nitrogens is 1. The average molecular weight is 200 g/mol. The summed E-state index contributed by atoms with van der Waals surface area (Å²) in [4.78, 5) is 9.55. The maximum absolute atomic E-state index is 5.75. The van der Waals surface area contributed by atoms with Crippen LogP contribution < -0.4 is 10.6 Å². The third-order valence-electron chi connectivity index (χ3n) is 2.74. The van der Waals surface area contributed by atoms with Gasteiger partial charge >= 0.3 is 0 Å². The summed E-state index contributed by atoms with van der Waals surface area (Å²) in [7, 11) is 0. The second kappa shape index (κ2) is 3.02. The smallest absolute Gasteiger partial charge is 0.203 e. The summed E-state index contributed by atoms with van der Waals surface area (Å²) < 4.78 is 0. The zero-order chi connectivity index (χ0) is 10.3. The number of rotatable bonds is 1. The summed E-state index contributed by atoms with van der Waals surface area (Å²) >= 11 is 0. The van der Waals surface area contributed by atoms with Crippen molar-refractivity contribution in [3.63, 3.8) is 0 Å². The van der Waals surface area contributed by atoms with Gasteiger partial charge in [0.1, 0.15) is 0 Å². The lowest BCUT2D eigenvalue weighted by Crippen LogP contribution is -2.15. The van der Waals surface area contributed by atoms with E-state index in [2.05, 4.69) is 20.9 Å². The Morgan fingerprint density at radius 2 is 2.13 bits per heavy atom. The molecule has 0 unspecified atom stereocenters. The van der Waals surface area contributed by atoms with Crippen LogP contribution in [0.1, 0.15) is 11.1 Å². The molecule has 2 heterocycles. The predicted molar refractivity (Wildman–Crippen MR) is 59.3 cm³/mol. The van der Waals surface area contributed by atoms with Gasteiger partial charge in [-0.25, -0.2) is 4.98 Å². The fraction of sp³-hybridized carbons (Fsp3) is 0.182. The second-order valence-corrected chi connectivity index (χ2v) is 3.80. The number of imidazole rings is 1. The van der Waals surface area contributed by atoms with E-state index in [1.807, 2.05) is 18.3 Å². The minimum atomic E-state index is 0.829. The molecule has 1 aromatic carbocycles. The zero-order valence-corrected chi connectivity index (χ0v) is 8.27. The van der Waals surface area contributed by atoms with E-state index in [4.69, 9.17) is 5.73 Å². The van der Waals surface area contributed by atoms with Crippen molar-refractivity contribution in [1.29, 1.82) is 0 Å². The zero-order valence-electron chi connectivity index (χ0n) is 8.27. The van der Waals surface area contributed by atoms with Crippen LogP contribution in [0, 0.1) is 0 Å². The monoisotopic (exact) mass is 200 g/mol. The van der Waals surface area contributed by atoms with E-state index in [0.29, 0.717) is 0 Å². The van der Waals surface area contributed by atoms with Gasteiger partial charge in [-0.05, 0) is 23.3 Å². The Bertz CT molecular complexity index is 475. The lowest BCUT2D eigenvalue weighted by molar-refractivity contribution is 0.841. The number of nitrogens with two attached hydrogens (primary N) is 1. The van der Waals surface area contributed by atoms with Gasteiger partial charge in [-0.3, -0.25) is 0 Å². The molecule has 1 aromatic heterocycles. The highest BCUT2D eigenvalue weighted by atomic mass is 15.3. The van der Waals surface area contributed by atoms with Gasteiger partial charge in [0.2, 0.25) is 5.95 Å². The molecule has 4 heteroatoms. The van der Waals surface area contributed by atoms with E-state index < -0.39 is 0 Å². The maximum Gasteiger partial charge on any atom is 0.203 e. The molecular weight excluding hydrogens is 188 g/mol. The summed E-state index contributed by atoms with van der Waals surface area (Å²) in [5, 5.41) is 0. The van der Waals surface area contributed by atoms with Crippen LogP contribution in [0.5, 0.6) is 0 Å². The average Bonchev–Trinajstić information content (AvgIpc) is 2.84. The van der Waals surface area contributed by atoms with Crippen LogP contribution in [-0.2, 0) is 13.1 Å². The molecule has 2 aromatic rings. The molecule has 76 valence electrons. The lowest BCUT2D eigenvalue weighted by Gasteiger charge is -2.12. The van der Waals surface area contributed by atoms with Gasteiger partial charge in [0.25, 0.3) is 0 Å². The van der Waals surface area contributed by atoms with Gasteiger partial charge in [0, 0.05) is 31.2 Å². The quantitative estimate of drug-likeness (QED) is 0.686. The SMILES string of the molecule is Nc1ccc2c(c1)CN(c1ncc[nH]1)C2. The van der Waals surface area contributed by atoms with Crippen molar-refractivity contribution >= 4 is 11.6 Å². The molecule has 0 radical (unpaired) electrons. The van der Waals surface area contributed by atoms with Crippen molar-refractivity contribution in [1.82, 2.24) is 9.97 Å². The van der Waals surface area contributed by atoms with Gasteiger partial charge in [0.05, 0.1) is 0 Å². The van der Waals surface area contributed by atoms with E-state index in [1.54, 1.807) is 6.20 Å². The minimum Gasteiger partial charge on any atom is -0.399 e. The number of anilines is 2. The standard InChI is InChI=1S/C11H12N4/c12-10-2-1-8-6-15(7-9(8)5-10)11-13-3-4-14-11/h1-5H,6-7,12H2,(H,13,14). The Labute approximate surface area is 87.7 Å². The van der Waals surface area contributed by atoms with Crippen LogP contribution in [0.4, 0.5) is 11.6 Å². The van der Waals surface area contributed by atoms with Crippen molar-refractivity contribution in [2.24, 2.45) is 0 Å². The van der Waals surface area contributed by atoms with Crippen molar-refractivity contribution in [3.05, 3.63) is 41.7 Å². The van der Waals surface area contributed by atoms with E-state index in [9.17, 15) is 0 Å². The Morgan fingerprint density at radius 3 is 2.93 bits per heavy atom. The van der Waals surface area contributed by atoms with Crippen molar-refractivity contribution in [2.45, 2.75) is 13.1 Å². The molecule has 4 nitrogen and oxygen atoms in total. The third kappa shape index (κ3) is 1.34. The first-order valence-electron chi connectivity index (χ1n) is 4.94. The molecular formula is C11H12N4. The Balaban J connectivity index is 1.92. The maximum atomic E-state index is 5.75. The fourth-order valence-electron chi connectivity index (χ4n) is 1.99. The van der Waals surface area contributed by atoms with Crippen LogP contribution in [-0.4, -0.2) is 9.97 Å². The molecule has 0 amide bonds.